The molecule has 4 rings (SSSR count). The van der Waals surface area contributed by atoms with Gasteiger partial charge in [0.05, 0.1) is 22.7 Å². The van der Waals surface area contributed by atoms with Crippen molar-refractivity contribution < 1.29 is 17.9 Å². The molecule has 0 saturated carbocycles. The van der Waals surface area contributed by atoms with Gasteiger partial charge in [0, 0.05) is 26.2 Å². The Morgan fingerprint density at radius 3 is 2.79 bits per heavy atom. The summed E-state index contributed by atoms with van der Waals surface area (Å²) in [5.41, 5.74) is 0.816. The Balaban J connectivity index is 1.59. The molecular formula is C23H30N4O4S3. The second-order valence-corrected chi connectivity index (χ2v) is 12.6. The summed E-state index contributed by atoms with van der Waals surface area (Å²) in [6, 6.07) is 9.09. The maximum absolute atomic E-state index is 13.7. The van der Waals surface area contributed by atoms with Gasteiger partial charge in [-0.3, -0.25) is 9.69 Å². The summed E-state index contributed by atoms with van der Waals surface area (Å²) in [5, 5.41) is 2.39. The molecule has 34 heavy (non-hydrogen) atoms. The van der Waals surface area contributed by atoms with Crippen molar-refractivity contribution in [2.45, 2.75) is 24.0 Å². The van der Waals surface area contributed by atoms with Crippen LogP contribution >= 0.6 is 22.7 Å². The summed E-state index contributed by atoms with van der Waals surface area (Å²) in [7, 11) is 0.341. The minimum absolute atomic E-state index is 0.0722. The van der Waals surface area contributed by atoms with Crippen LogP contribution in [0, 0.1) is 5.92 Å². The molecule has 8 nitrogen and oxygen atoms in total. The third kappa shape index (κ3) is 5.44. The highest BCUT2D eigenvalue weighted by molar-refractivity contribution is 7.91. The molecule has 1 aromatic carbocycles. The number of ether oxygens (including phenoxy) is 1. The van der Waals surface area contributed by atoms with E-state index in [0.29, 0.717) is 48.4 Å². The number of piperidine rings is 1. The first kappa shape index (κ1) is 25.1. The molecule has 1 saturated heterocycles. The van der Waals surface area contributed by atoms with E-state index in [-0.39, 0.29) is 12.5 Å². The highest BCUT2D eigenvalue weighted by Crippen LogP contribution is 2.34. The van der Waals surface area contributed by atoms with E-state index >= 15 is 0 Å². The van der Waals surface area contributed by atoms with Crippen LogP contribution in [-0.4, -0.2) is 75.4 Å². The number of fused-ring (bicyclic) bond motifs is 1. The summed E-state index contributed by atoms with van der Waals surface area (Å²) < 4.78 is 34.5. The number of thiazole rings is 1. The fraction of sp³-hybridized carbons (Fsp3) is 0.478. The summed E-state index contributed by atoms with van der Waals surface area (Å²) in [6.45, 7) is 4.31. The summed E-state index contributed by atoms with van der Waals surface area (Å²) in [5.74, 6) is 0.298. The van der Waals surface area contributed by atoms with Crippen LogP contribution in [0.2, 0.25) is 0 Å². The van der Waals surface area contributed by atoms with Gasteiger partial charge in [-0.25, -0.2) is 13.4 Å². The number of thiophene rings is 1. The quantitative estimate of drug-likeness (QED) is 0.426. The monoisotopic (exact) mass is 522 g/mol. The second-order valence-electron chi connectivity index (χ2n) is 8.49. The van der Waals surface area contributed by atoms with Gasteiger partial charge in [-0.1, -0.05) is 17.4 Å². The van der Waals surface area contributed by atoms with Gasteiger partial charge < -0.3 is 9.64 Å². The van der Waals surface area contributed by atoms with Crippen molar-refractivity contribution in [3.05, 3.63) is 35.7 Å². The van der Waals surface area contributed by atoms with E-state index in [1.165, 1.54) is 27.0 Å². The normalized spacial score (nSPS) is 17.4. The van der Waals surface area contributed by atoms with Crippen LogP contribution in [0.3, 0.4) is 0 Å². The summed E-state index contributed by atoms with van der Waals surface area (Å²) in [4.78, 5) is 22.2. The van der Waals surface area contributed by atoms with Gasteiger partial charge in [-0.15, -0.1) is 11.3 Å². The Morgan fingerprint density at radius 1 is 1.26 bits per heavy atom. The molecule has 184 valence electrons. The standard InChI is InChI=1S/C23H30N4O4S3/c1-4-31-18-9-10-19-20(15-18)33-23(24-19)27(13-12-25(2)3)22(28)17-7-5-11-26(16-17)34(29,30)21-8-6-14-32-21/h6,8-10,14-15,17H,4-5,7,11-13,16H2,1-3H3. The van der Waals surface area contributed by atoms with Gasteiger partial charge in [0.15, 0.2) is 5.13 Å². The molecule has 1 atom stereocenters. The topological polar surface area (TPSA) is 83.1 Å². The van der Waals surface area contributed by atoms with Gasteiger partial charge in [-0.05, 0) is 63.5 Å². The number of likely N-dealkylation sites (N-methyl/N-ethyl adjacent to an activating group) is 1. The number of hydrogen-bond acceptors (Lipinski definition) is 8. The highest BCUT2D eigenvalue weighted by atomic mass is 32.2. The lowest BCUT2D eigenvalue weighted by atomic mass is 9.98. The van der Waals surface area contributed by atoms with Crippen molar-refractivity contribution in [1.82, 2.24) is 14.2 Å². The fourth-order valence-corrected chi connectivity index (χ4v) is 7.68. The minimum Gasteiger partial charge on any atom is -0.494 e. The lowest BCUT2D eigenvalue weighted by molar-refractivity contribution is -0.123. The van der Waals surface area contributed by atoms with Gasteiger partial charge in [0.25, 0.3) is 10.0 Å². The number of aromatic nitrogens is 1. The van der Waals surface area contributed by atoms with Crippen molar-refractivity contribution in [3.63, 3.8) is 0 Å². The molecule has 1 aliphatic rings. The average molecular weight is 523 g/mol. The van der Waals surface area contributed by atoms with Gasteiger partial charge in [0.1, 0.15) is 9.96 Å². The van der Waals surface area contributed by atoms with Crippen LogP contribution in [0.1, 0.15) is 19.8 Å². The van der Waals surface area contributed by atoms with Crippen molar-refractivity contribution in [2.24, 2.45) is 5.92 Å². The predicted octanol–water partition coefficient (Wildman–Crippen LogP) is 3.75. The SMILES string of the molecule is CCOc1ccc2nc(N(CCN(C)C)C(=O)C3CCCN(S(=O)(=O)c4cccs4)C3)sc2c1. The van der Waals surface area contributed by atoms with Gasteiger partial charge in [0.2, 0.25) is 5.91 Å². The first-order valence-corrected chi connectivity index (χ1v) is 14.5. The third-order valence-corrected chi connectivity index (χ3v) is 10.0. The number of nitrogens with zero attached hydrogens (tertiary/aromatic N) is 4. The van der Waals surface area contributed by atoms with Crippen molar-refractivity contribution in [2.75, 3.05) is 51.8 Å². The highest BCUT2D eigenvalue weighted by Gasteiger charge is 2.36. The zero-order chi connectivity index (χ0) is 24.3. The Kier molecular flexibility index (Phi) is 7.88. The predicted molar refractivity (Wildman–Crippen MR) is 137 cm³/mol. The largest absolute Gasteiger partial charge is 0.494 e. The van der Waals surface area contributed by atoms with E-state index in [2.05, 4.69) is 0 Å². The zero-order valence-electron chi connectivity index (χ0n) is 19.6. The van der Waals surface area contributed by atoms with E-state index < -0.39 is 15.9 Å². The lowest BCUT2D eigenvalue weighted by Crippen LogP contribution is -2.48. The minimum atomic E-state index is -3.59. The molecule has 1 amide bonds. The van der Waals surface area contributed by atoms with E-state index in [0.717, 1.165) is 16.0 Å². The molecule has 0 spiro atoms. The molecule has 0 radical (unpaired) electrons. The average Bonchev–Trinajstić information content (AvgIpc) is 3.50. The van der Waals surface area contributed by atoms with E-state index in [4.69, 9.17) is 9.72 Å². The first-order valence-electron chi connectivity index (χ1n) is 11.3. The summed E-state index contributed by atoms with van der Waals surface area (Å²) >= 11 is 2.66. The Bertz CT molecular complexity index is 1220. The molecule has 0 aliphatic carbocycles. The van der Waals surface area contributed by atoms with Crippen molar-refractivity contribution in [3.8, 4) is 5.75 Å². The van der Waals surface area contributed by atoms with E-state index in [1.54, 1.807) is 22.4 Å². The number of anilines is 1. The van der Waals surface area contributed by atoms with Gasteiger partial charge >= 0.3 is 0 Å². The maximum Gasteiger partial charge on any atom is 0.252 e. The number of carbonyl (C=O) groups excluding carboxylic acids is 1. The van der Waals surface area contributed by atoms with E-state index in [9.17, 15) is 13.2 Å². The number of amides is 1. The number of benzene rings is 1. The molecule has 3 aromatic rings. The molecule has 0 bridgehead atoms. The van der Waals surface area contributed by atoms with Crippen LogP contribution in [0.4, 0.5) is 5.13 Å². The molecule has 1 aliphatic heterocycles. The fourth-order valence-electron chi connectivity index (χ4n) is 3.98. The lowest BCUT2D eigenvalue weighted by Gasteiger charge is -2.33. The second kappa shape index (κ2) is 10.7. The van der Waals surface area contributed by atoms with Crippen LogP contribution in [-0.2, 0) is 14.8 Å². The van der Waals surface area contributed by atoms with Crippen molar-refractivity contribution >= 4 is 54.0 Å². The zero-order valence-corrected chi connectivity index (χ0v) is 22.1. The molecule has 1 fully saturated rings. The Morgan fingerprint density at radius 2 is 2.09 bits per heavy atom. The number of sulfonamides is 1. The summed E-state index contributed by atoms with van der Waals surface area (Å²) in [6.07, 6.45) is 1.31. The number of hydrogen-bond donors (Lipinski definition) is 0. The number of carbonyl (C=O) groups is 1. The molecule has 11 heteroatoms. The van der Waals surface area contributed by atoms with E-state index in [1.807, 2.05) is 44.1 Å². The maximum atomic E-state index is 13.7. The third-order valence-electron chi connectivity index (χ3n) is 5.75. The molecule has 3 heterocycles. The van der Waals surface area contributed by atoms with Crippen LogP contribution in [0.15, 0.2) is 39.9 Å². The number of rotatable bonds is 9. The van der Waals surface area contributed by atoms with Crippen molar-refractivity contribution in [1.29, 1.82) is 0 Å². The molecule has 1 unspecified atom stereocenters. The van der Waals surface area contributed by atoms with Crippen LogP contribution in [0.5, 0.6) is 5.75 Å². The van der Waals surface area contributed by atoms with Gasteiger partial charge in [-0.2, -0.15) is 4.31 Å². The molecule has 0 N–H and O–H groups in total. The first-order chi connectivity index (χ1) is 16.3. The van der Waals surface area contributed by atoms with Crippen LogP contribution in [0.25, 0.3) is 10.2 Å². The molecular weight excluding hydrogens is 492 g/mol. The molecule has 2 aromatic heterocycles. The van der Waals surface area contributed by atoms with Crippen LogP contribution < -0.4 is 9.64 Å². The Hall–Kier alpha value is -2.05. The smallest absolute Gasteiger partial charge is 0.252 e. The Labute approximate surface area is 208 Å².